The first-order valence-corrected chi connectivity index (χ1v) is 4.17. The fraction of sp³-hybridized carbons (Fsp3) is 0.333. The summed E-state index contributed by atoms with van der Waals surface area (Å²) >= 11 is 0. The predicted molar refractivity (Wildman–Crippen MR) is 46.6 cm³/mol. The summed E-state index contributed by atoms with van der Waals surface area (Å²) in [5, 5.41) is 9.28. The largest absolute Gasteiger partial charge is 0.505 e. The van der Waals surface area contributed by atoms with Gasteiger partial charge < -0.3 is 9.84 Å². The average Bonchev–Trinajstić information content (AvgIpc) is 2.19. The summed E-state index contributed by atoms with van der Waals surface area (Å²) in [5.74, 6) is -1.78. The minimum Gasteiger partial charge on any atom is -0.505 e. The van der Waals surface area contributed by atoms with Gasteiger partial charge in [-0.25, -0.2) is 4.98 Å². The number of halogens is 3. The molecule has 1 aromatic rings. The van der Waals surface area contributed by atoms with Crippen LogP contribution in [0.1, 0.15) is 11.3 Å². The maximum Gasteiger partial charge on any atom is 0.437 e. The molecule has 0 atom stereocenters. The van der Waals surface area contributed by atoms with Gasteiger partial charge in [0, 0.05) is 11.8 Å². The van der Waals surface area contributed by atoms with Crippen molar-refractivity contribution in [2.75, 3.05) is 7.11 Å². The van der Waals surface area contributed by atoms with Gasteiger partial charge in [0.05, 0.1) is 13.5 Å². The lowest BCUT2D eigenvalue weighted by Crippen LogP contribution is -2.11. The molecule has 0 saturated carbocycles. The van der Waals surface area contributed by atoms with Crippen molar-refractivity contribution in [3.8, 4) is 5.75 Å². The summed E-state index contributed by atoms with van der Waals surface area (Å²) in [7, 11) is 1.10. The SMILES string of the molecule is COC(=O)Cc1ccnc(C(F)(F)F)c1O. The Morgan fingerprint density at radius 2 is 2.19 bits per heavy atom. The van der Waals surface area contributed by atoms with E-state index in [1.54, 1.807) is 0 Å². The molecule has 7 heteroatoms. The van der Waals surface area contributed by atoms with Crippen molar-refractivity contribution in [2.45, 2.75) is 12.6 Å². The van der Waals surface area contributed by atoms with Gasteiger partial charge in [0.1, 0.15) is 5.75 Å². The van der Waals surface area contributed by atoms with E-state index < -0.39 is 30.0 Å². The van der Waals surface area contributed by atoms with E-state index in [1.807, 2.05) is 0 Å². The Hall–Kier alpha value is -1.79. The number of methoxy groups -OCH3 is 1. The number of hydrogen-bond acceptors (Lipinski definition) is 4. The van der Waals surface area contributed by atoms with E-state index in [2.05, 4.69) is 9.72 Å². The molecule has 88 valence electrons. The minimum atomic E-state index is -4.75. The van der Waals surface area contributed by atoms with Crippen molar-refractivity contribution >= 4 is 5.97 Å². The molecule has 1 rings (SSSR count). The molecule has 1 aromatic heterocycles. The minimum absolute atomic E-state index is 0.172. The van der Waals surface area contributed by atoms with E-state index in [4.69, 9.17) is 0 Å². The summed E-state index contributed by atoms with van der Waals surface area (Å²) in [6, 6.07) is 1.13. The Balaban J connectivity index is 3.09. The Bertz CT molecular complexity index is 403. The number of pyridine rings is 1. The Kier molecular flexibility index (Phi) is 3.36. The second-order valence-corrected chi connectivity index (χ2v) is 2.92. The monoisotopic (exact) mass is 235 g/mol. The van der Waals surface area contributed by atoms with Crippen LogP contribution < -0.4 is 0 Å². The highest BCUT2D eigenvalue weighted by Gasteiger charge is 2.36. The predicted octanol–water partition coefficient (Wildman–Crippen LogP) is 1.52. The zero-order valence-electron chi connectivity index (χ0n) is 8.21. The summed E-state index contributed by atoms with van der Waals surface area (Å²) in [4.78, 5) is 13.9. The lowest BCUT2D eigenvalue weighted by atomic mass is 10.1. The molecule has 0 saturated heterocycles. The zero-order valence-corrected chi connectivity index (χ0v) is 8.21. The quantitative estimate of drug-likeness (QED) is 0.789. The fourth-order valence-corrected chi connectivity index (χ4v) is 1.07. The Morgan fingerprint density at radius 1 is 1.56 bits per heavy atom. The molecule has 0 aliphatic carbocycles. The second kappa shape index (κ2) is 4.38. The van der Waals surface area contributed by atoms with Gasteiger partial charge in [-0.2, -0.15) is 13.2 Å². The molecule has 0 aliphatic heterocycles. The number of aromatic hydroxyl groups is 1. The summed E-state index contributed by atoms with van der Waals surface area (Å²) in [6.07, 6.45) is -4.31. The molecule has 1 heterocycles. The molecule has 0 radical (unpaired) electrons. The van der Waals surface area contributed by atoms with Crippen LogP contribution in [0.25, 0.3) is 0 Å². The molecular weight excluding hydrogens is 227 g/mol. The first-order chi connectivity index (χ1) is 7.36. The molecule has 0 bridgehead atoms. The number of alkyl halides is 3. The van der Waals surface area contributed by atoms with Gasteiger partial charge in [-0.1, -0.05) is 0 Å². The normalized spacial score (nSPS) is 11.2. The van der Waals surface area contributed by atoms with E-state index >= 15 is 0 Å². The standard InChI is InChI=1S/C9H8F3NO3/c1-16-6(14)4-5-2-3-13-8(7(5)15)9(10,11)12/h2-3,15H,4H2,1H3. The molecule has 0 aliphatic rings. The van der Waals surface area contributed by atoms with E-state index in [0.717, 1.165) is 19.4 Å². The molecule has 16 heavy (non-hydrogen) atoms. The van der Waals surface area contributed by atoms with Gasteiger partial charge >= 0.3 is 12.1 Å². The highest BCUT2D eigenvalue weighted by molar-refractivity contribution is 5.73. The van der Waals surface area contributed by atoms with Crippen molar-refractivity contribution in [2.24, 2.45) is 0 Å². The van der Waals surface area contributed by atoms with Gasteiger partial charge in [0.15, 0.2) is 5.69 Å². The molecule has 0 unspecified atom stereocenters. The van der Waals surface area contributed by atoms with Crippen LogP contribution in [0.3, 0.4) is 0 Å². The zero-order chi connectivity index (χ0) is 12.3. The lowest BCUT2D eigenvalue weighted by molar-refractivity contribution is -0.143. The third-order valence-corrected chi connectivity index (χ3v) is 1.84. The van der Waals surface area contributed by atoms with Gasteiger partial charge in [0.25, 0.3) is 0 Å². The number of carbonyl (C=O) groups is 1. The maximum atomic E-state index is 12.3. The van der Waals surface area contributed by atoms with Crippen LogP contribution in [0.2, 0.25) is 0 Å². The lowest BCUT2D eigenvalue weighted by Gasteiger charge is -2.10. The third kappa shape index (κ3) is 2.62. The first-order valence-electron chi connectivity index (χ1n) is 4.17. The molecule has 4 nitrogen and oxygen atoms in total. The molecule has 0 fully saturated rings. The van der Waals surface area contributed by atoms with E-state index in [0.29, 0.717) is 0 Å². The van der Waals surface area contributed by atoms with Crippen LogP contribution >= 0.6 is 0 Å². The molecule has 0 amide bonds. The van der Waals surface area contributed by atoms with Crippen LogP contribution in [0.5, 0.6) is 5.75 Å². The number of rotatable bonds is 2. The maximum absolute atomic E-state index is 12.3. The molecule has 1 N–H and O–H groups in total. The van der Waals surface area contributed by atoms with Crippen LogP contribution in [0, 0.1) is 0 Å². The molecular formula is C9H8F3NO3. The highest BCUT2D eigenvalue weighted by Crippen LogP contribution is 2.35. The number of nitrogens with zero attached hydrogens (tertiary/aromatic N) is 1. The third-order valence-electron chi connectivity index (χ3n) is 1.84. The smallest absolute Gasteiger partial charge is 0.437 e. The van der Waals surface area contributed by atoms with Gasteiger partial charge in [-0.05, 0) is 6.07 Å². The Labute approximate surface area is 88.7 Å². The van der Waals surface area contributed by atoms with Crippen LogP contribution in [-0.4, -0.2) is 23.2 Å². The van der Waals surface area contributed by atoms with Crippen molar-refractivity contribution in [1.29, 1.82) is 0 Å². The fourth-order valence-electron chi connectivity index (χ4n) is 1.07. The van der Waals surface area contributed by atoms with Gasteiger partial charge in [-0.15, -0.1) is 0 Å². The number of esters is 1. The summed E-state index contributed by atoms with van der Waals surface area (Å²) in [5.41, 5.74) is -1.58. The second-order valence-electron chi connectivity index (χ2n) is 2.92. The topological polar surface area (TPSA) is 59.4 Å². The van der Waals surface area contributed by atoms with Crippen molar-refractivity contribution < 1.29 is 27.8 Å². The highest BCUT2D eigenvalue weighted by atomic mass is 19.4. The molecule has 0 spiro atoms. The van der Waals surface area contributed by atoms with Crippen molar-refractivity contribution in [1.82, 2.24) is 4.98 Å². The van der Waals surface area contributed by atoms with Crippen LogP contribution in [0.15, 0.2) is 12.3 Å². The number of hydrogen-bond donors (Lipinski definition) is 1. The summed E-state index contributed by atoms with van der Waals surface area (Å²) < 4.78 is 41.2. The number of ether oxygens (including phenoxy) is 1. The van der Waals surface area contributed by atoms with Crippen LogP contribution in [-0.2, 0) is 22.1 Å². The van der Waals surface area contributed by atoms with Crippen LogP contribution in [0.4, 0.5) is 13.2 Å². The van der Waals surface area contributed by atoms with E-state index in [9.17, 15) is 23.1 Å². The van der Waals surface area contributed by atoms with Crippen molar-refractivity contribution in [3.63, 3.8) is 0 Å². The number of aromatic nitrogens is 1. The van der Waals surface area contributed by atoms with E-state index in [1.165, 1.54) is 0 Å². The van der Waals surface area contributed by atoms with Crippen molar-refractivity contribution in [3.05, 3.63) is 23.5 Å². The number of carbonyl (C=O) groups excluding carboxylic acids is 1. The van der Waals surface area contributed by atoms with Gasteiger partial charge in [-0.3, -0.25) is 4.79 Å². The molecule has 0 aromatic carbocycles. The van der Waals surface area contributed by atoms with Gasteiger partial charge in [0.2, 0.25) is 0 Å². The summed E-state index contributed by atoms with van der Waals surface area (Å²) in [6.45, 7) is 0. The average molecular weight is 235 g/mol. The Morgan fingerprint density at radius 3 is 2.69 bits per heavy atom. The first kappa shape index (κ1) is 12.3. The van der Waals surface area contributed by atoms with E-state index in [-0.39, 0.29) is 5.56 Å².